The van der Waals surface area contributed by atoms with Crippen molar-refractivity contribution in [2.75, 3.05) is 19.8 Å². The van der Waals surface area contributed by atoms with E-state index in [1.54, 1.807) is 12.1 Å². The standard InChI is InChI=1S/C14H18N2O3S/c15-8-7-12-3-5-14(6-4-12)20(17,18)16-9-10-19-11-13-1-2-13/h3-6,13,16H,1-2,7,9-11H2. The van der Waals surface area contributed by atoms with E-state index in [1.807, 2.05) is 6.07 Å². The fourth-order valence-corrected chi connectivity index (χ4v) is 2.76. The molecule has 0 aromatic heterocycles. The summed E-state index contributed by atoms with van der Waals surface area (Å²) < 4.78 is 31.8. The third kappa shape index (κ3) is 4.60. The molecule has 0 saturated heterocycles. The molecule has 0 bridgehead atoms. The molecule has 6 heteroatoms. The molecule has 20 heavy (non-hydrogen) atoms. The van der Waals surface area contributed by atoms with Gasteiger partial charge in [0.15, 0.2) is 0 Å². The maximum absolute atomic E-state index is 12.0. The van der Waals surface area contributed by atoms with Crippen molar-refractivity contribution in [3.63, 3.8) is 0 Å². The van der Waals surface area contributed by atoms with Gasteiger partial charge in [-0.2, -0.15) is 5.26 Å². The van der Waals surface area contributed by atoms with Crippen LogP contribution in [0, 0.1) is 17.2 Å². The number of nitriles is 1. The van der Waals surface area contributed by atoms with E-state index in [2.05, 4.69) is 4.72 Å². The van der Waals surface area contributed by atoms with Crippen LogP contribution >= 0.6 is 0 Å². The first-order valence-corrected chi connectivity index (χ1v) is 8.13. The summed E-state index contributed by atoms with van der Waals surface area (Å²) >= 11 is 0. The molecule has 1 N–H and O–H groups in total. The van der Waals surface area contributed by atoms with Gasteiger partial charge in [0.05, 0.1) is 24.0 Å². The van der Waals surface area contributed by atoms with Crippen molar-refractivity contribution in [2.24, 2.45) is 5.92 Å². The lowest BCUT2D eigenvalue weighted by Crippen LogP contribution is -2.27. The number of benzene rings is 1. The van der Waals surface area contributed by atoms with E-state index >= 15 is 0 Å². The van der Waals surface area contributed by atoms with Crippen molar-refractivity contribution in [1.82, 2.24) is 4.72 Å². The average Bonchev–Trinajstić information content (AvgIpc) is 3.23. The van der Waals surface area contributed by atoms with Crippen molar-refractivity contribution in [3.8, 4) is 6.07 Å². The Bertz CT molecular complexity index is 571. The summed E-state index contributed by atoms with van der Waals surface area (Å²) in [5, 5.41) is 8.56. The van der Waals surface area contributed by atoms with E-state index < -0.39 is 10.0 Å². The van der Waals surface area contributed by atoms with Gasteiger partial charge in [0.2, 0.25) is 10.0 Å². The van der Waals surface area contributed by atoms with Crippen LogP contribution in [0.5, 0.6) is 0 Å². The predicted octanol–water partition coefficient (Wildman–Crippen LogP) is 1.46. The van der Waals surface area contributed by atoms with Crippen LogP contribution in [0.4, 0.5) is 0 Å². The third-order valence-electron chi connectivity index (χ3n) is 3.11. The summed E-state index contributed by atoms with van der Waals surface area (Å²) in [6, 6.07) is 8.36. The van der Waals surface area contributed by atoms with Crippen molar-refractivity contribution in [1.29, 1.82) is 5.26 Å². The van der Waals surface area contributed by atoms with Crippen LogP contribution in [0.3, 0.4) is 0 Å². The molecule has 2 rings (SSSR count). The van der Waals surface area contributed by atoms with Crippen molar-refractivity contribution in [2.45, 2.75) is 24.2 Å². The highest BCUT2D eigenvalue weighted by Gasteiger charge is 2.21. The second-order valence-electron chi connectivity index (χ2n) is 4.89. The minimum absolute atomic E-state index is 0.210. The first-order chi connectivity index (χ1) is 9.62. The molecule has 1 saturated carbocycles. The number of hydrogen-bond acceptors (Lipinski definition) is 4. The number of nitrogens with one attached hydrogen (secondary N) is 1. The number of rotatable bonds is 8. The minimum Gasteiger partial charge on any atom is -0.380 e. The SMILES string of the molecule is N#CCc1ccc(S(=O)(=O)NCCOCC2CC2)cc1. The second kappa shape index (κ2) is 6.84. The van der Waals surface area contributed by atoms with Gasteiger partial charge >= 0.3 is 0 Å². The number of nitrogens with zero attached hydrogens (tertiary/aromatic N) is 1. The predicted molar refractivity (Wildman–Crippen MR) is 74.5 cm³/mol. The summed E-state index contributed by atoms with van der Waals surface area (Å²) in [6.07, 6.45) is 2.73. The Balaban J connectivity index is 1.80. The topological polar surface area (TPSA) is 79.2 Å². The van der Waals surface area contributed by atoms with Crippen LogP contribution in [0.25, 0.3) is 0 Å². The van der Waals surface area contributed by atoms with Gasteiger partial charge in [0, 0.05) is 13.2 Å². The van der Waals surface area contributed by atoms with Gasteiger partial charge in [-0.15, -0.1) is 0 Å². The third-order valence-corrected chi connectivity index (χ3v) is 4.58. The first kappa shape index (κ1) is 15.0. The molecule has 0 radical (unpaired) electrons. The van der Waals surface area contributed by atoms with Crippen molar-refractivity contribution < 1.29 is 13.2 Å². The van der Waals surface area contributed by atoms with Crippen LogP contribution in [0.2, 0.25) is 0 Å². The largest absolute Gasteiger partial charge is 0.380 e. The lowest BCUT2D eigenvalue weighted by Gasteiger charge is -2.07. The van der Waals surface area contributed by atoms with Crippen molar-refractivity contribution in [3.05, 3.63) is 29.8 Å². The Morgan fingerprint density at radius 2 is 2.00 bits per heavy atom. The molecule has 0 unspecified atom stereocenters. The molecular formula is C14H18N2O3S. The summed E-state index contributed by atoms with van der Waals surface area (Å²) in [5.74, 6) is 0.680. The van der Waals surface area contributed by atoms with E-state index in [0.717, 1.165) is 12.2 Å². The van der Waals surface area contributed by atoms with Gasteiger partial charge in [0.1, 0.15) is 0 Å². The molecule has 1 aromatic carbocycles. The number of hydrogen-bond donors (Lipinski definition) is 1. The maximum Gasteiger partial charge on any atom is 0.240 e. The number of sulfonamides is 1. The molecule has 0 heterocycles. The van der Waals surface area contributed by atoms with Crippen molar-refractivity contribution >= 4 is 10.0 Å². The molecule has 0 aliphatic heterocycles. The van der Waals surface area contributed by atoms with Crippen LogP contribution < -0.4 is 4.72 Å². The van der Waals surface area contributed by atoms with Crippen LogP contribution in [-0.4, -0.2) is 28.2 Å². The highest BCUT2D eigenvalue weighted by molar-refractivity contribution is 7.89. The summed E-state index contributed by atoms with van der Waals surface area (Å²) in [4.78, 5) is 0.210. The van der Waals surface area contributed by atoms with Gasteiger partial charge in [-0.1, -0.05) is 12.1 Å². The monoisotopic (exact) mass is 294 g/mol. The van der Waals surface area contributed by atoms with Gasteiger partial charge < -0.3 is 4.74 Å². The highest BCUT2D eigenvalue weighted by atomic mass is 32.2. The molecular weight excluding hydrogens is 276 g/mol. The summed E-state index contributed by atoms with van der Waals surface area (Å²) in [5.41, 5.74) is 0.805. The molecule has 1 fully saturated rings. The van der Waals surface area contributed by atoms with Gasteiger partial charge in [-0.25, -0.2) is 13.1 Å². The highest BCUT2D eigenvalue weighted by Crippen LogP contribution is 2.28. The van der Waals surface area contributed by atoms with Gasteiger partial charge in [0.25, 0.3) is 0 Å². The molecule has 1 aliphatic carbocycles. The Hall–Kier alpha value is -1.42. The Morgan fingerprint density at radius 3 is 2.60 bits per heavy atom. The summed E-state index contributed by atoms with van der Waals surface area (Å²) in [6.45, 7) is 1.39. The van der Waals surface area contributed by atoms with E-state index in [4.69, 9.17) is 10.00 Å². The lowest BCUT2D eigenvalue weighted by atomic mass is 10.2. The fraction of sp³-hybridized carbons (Fsp3) is 0.500. The fourth-order valence-electron chi connectivity index (χ4n) is 1.74. The quantitative estimate of drug-likeness (QED) is 0.736. The van der Waals surface area contributed by atoms with Crippen LogP contribution in [-0.2, 0) is 21.2 Å². The molecule has 0 atom stereocenters. The molecule has 5 nitrogen and oxygen atoms in total. The zero-order valence-corrected chi connectivity index (χ0v) is 12.0. The van der Waals surface area contributed by atoms with Gasteiger partial charge in [-0.3, -0.25) is 0 Å². The maximum atomic E-state index is 12.0. The van der Waals surface area contributed by atoms with Crippen LogP contribution in [0.1, 0.15) is 18.4 Å². The Morgan fingerprint density at radius 1 is 1.30 bits per heavy atom. The average molecular weight is 294 g/mol. The molecule has 0 spiro atoms. The zero-order chi connectivity index (χ0) is 14.4. The smallest absolute Gasteiger partial charge is 0.240 e. The second-order valence-corrected chi connectivity index (χ2v) is 6.66. The molecule has 1 aliphatic rings. The molecule has 0 amide bonds. The van der Waals surface area contributed by atoms with E-state index in [0.29, 0.717) is 12.5 Å². The first-order valence-electron chi connectivity index (χ1n) is 6.65. The number of ether oxygens (including phenoxy) is 1. The summed E-state index contributed by atoms with van der Waals surface area (Å²) in [7, 11) is -3.49. The lowest BCUT2D eigenvalue weighted by molar-refractivity contribution is 0.129. The Kier molecular flexibility index (Phi) is 5.12. The molecule has 1 aromatic rings. The van der Waals surface area contributed by atoms with Crippen LogP contribution in [0.15, 0.2) is 29.2 Å². The Labute approximate surface area is 119 Å². The van der Waals surface area contributed by atoms with E-state index in [9.17, 15) is 8.42 Å². The minimum atomic E-state index is -3.49. The van der Waals surface area contributed by atoms with Gasteiger partial charge in [-0.05, 0) is 36.5 Å². The normalized spacial score (nSPS) is 14.9. The molecule has 108 valence electrons. The van der Waals surface area contributed by atoms with E-state index in [1.165, 1.54) is 25.0 Å². The zero-order valence-electron chi connectivity index (χ0n) is 11.2. The van der Waals surface area contributed by atoms with E-state index in [-0.39, 0.29) is 17.9 Å².